The van der Waals surface area contributed by atoms with E-state index in [1.54, 1.807) is 17.4 Å². The zero-order valence-electron chi connectivity index (χ0n) is 9.58. The average Bonchev–Trinajstić information content (AvgIpc) is 2.80. The Morgan fingerprint density at radius 3 is 2.56 bits per heavy atom. The van der Waals surface area contributed by atoms with Gasteiger partial charge in [0.2, 0.25) is 0 Å². The molecule has 0 saturated heterocycles. The number of rotatable bonds is 2. The van der Waals surface area contributed by atoms with Gasteiger partial charge in [-0.15, -0.1) is 11.3 Å². The number of thiazole rings is 1. The number of phenolic OH excluding ortho intramolecular Hbond substituents is 1. The number of aromatic hydroxyl groups is 1. The van der Waals surface area contributed by atoms with Gasteiger partial charge < -0.3 is 5.11 Å². The van der Waals surface area contributed by atoms with E-state index >= 15 is 0 Å². The summed E-state index contributed by atoms with van der Waals surface area (Å²) in [6.07, 6.45) is 3.81. The third-order valence-corrected chi connectivity index (χ3v) is 3.65. The van der Waals surface area contributed by atoms with Crippen molar-refractivity contribution in [1.82, 2.24) is 4.98 Å². The molecule has 1 aromatic heterocycles. The lowest BCUT2D eigenvalue weighted by atomic mass is 10.2. The molecule has 2 aromatic carbocycles. The number of phenols is 1. The second-order valence-corrected chi connectivity index (χ2v) is 4.97. The van der Waals surface area contributed by atoms with Crippen molar-refractivity contribution in [1.29, 1.82) is 0 Å². The first-order valence-electron chi connectivity index (χ1n) is 5.64. The van der Waals surface area contributed by atoms with Crippen LogP contribution in [0.3, 0.4) is 0 Å². The van der Waals surface area contributed by atoms with Crippen LogP contribution < -0.4 is 0 Å². The third-order valence-electron chi connectivity index (χ3n) is 2.65. The van der Waals surface area contributed by atoms with Gasteiger partial charge in [0.25, 0.3) is 0 Å². The topological polar surface area (TPSA) is 33.1 Å². The minimum atomic E-state index is 0.287. The molecule has 88 valence electrons. The standard InChI is InChI=1S/C15H11NOS/c17-13-7-3-1-5-11(13)9-10-15-16-12-6-2-4-8-14(12)18-15/h1-10,17H/b10-9+. The van der Waals surface area contributed by atoms with Crippen molar-refractivity contribution in [2.24, 2.45) is 0 Å². The summed E-state index contributed by atoms with van der Waals surface area (Å²) in [6, 6.07) is 15.3. The van der Waals surface area contributed by atoms with E-state index in [0.29, 0.717) is 0 Å². The summed E-state index contributed by atoms with van der Waals surface area (Å²) in [5, 5.41) is 10.6. The maximum Gasteiger partial charge on any atom is 0.122 e. The van der Waals surface area contributed by atoms with Crippen LogP contribution in [0.1, 0.15) is 10.6 Å². The quantitative estimate of drug-likeness (QED) is 0.743. The number of para-hydroxylation sites is 2. The molecule has 3 heteroatoms. The van der Waals surface area contributed by atoms with Crippen molar-refractivity contribution in [2.45, 2.75) is 0 Å². The van der Waals surface area contributed by atoms with Gasteiger partial charge in [-0.1, -0.05) is 30.3 Å². The van der Waals surface area contributed by atoms with E-state index in [1.165, 1.54) is 4.70 Å². The minimum Gasteiger partial charge on any atom is -0.507 e. The SMILES string of the molecule is Oc1ccccc1/C=C/c1nc2ccccc2s1. The van der Waals surface area contributed by atoms with Crippen LogP contribution in [0.25, 0.3) is 22.4 Å². The zero-order chi connectivity index (χ0) is 12.4. The maximum atomic E-state index is 9.66. The van der Waals surface area contributed by atoms with E-state index in [9.17, 15) is 5.11 Å². The molecule has 0 spiro atoms. The molecule has 3 aromatic rings. The second kappa shape index (κ2) is 4.63. The molecule has 0 aliphatic heterocycles. The molecule has 2 nitrogen and oxygen atoms in total. The summed E-state index contributed by atoms with van der Waals surface area (Å²) in [7, 11) is 0. The Bertz CT molecular complexity index is 682. The summed E-state index contributed by atoms with van der Waals surface area (Å²) >= 11 is 1.64. The van der Waals surface area contributed by atoms with E-state index < -0.39 is 0 Å². The van der Waals surface area contributed by atoms with Gasteiger partial charge in [0, 0.05) is 5.56 Å². The predicted molar refractivity (Wildman–Crippen MR) is 76.7 cm³/mol. The van der Waals surface area contributed by atoms with Crippen LogP contribution in [0.4, 0.5) is 0 Å². The van der Waals surface area contributed by atoms with E-state index in [1.807, 2.05) is 48.6 Å². The molecule has 0 amide bonds. The Labute approximate surface area is 109 Å². The largest absolute Gasteiger partial charge is 0.507 e. The van der Waals surface area contributed by atoms with Crippen molar-refractivity contribution in [2.75, 3.05) is 0 Å². The van der Waals surface area contributed by atoms with Crippen LogP contribution in [0.15, 0.2) is 48.5 Å². The number of nitrogens with zero attached hydrogens (tertiary/aromatic N) is 1. The van der Waals surface area contributed by atoms with Gasteiger partial charge in [-0.2, -0.15) is 0 Å². The first kappa shape index (κ1) is 11.0. The Balaban J connectivity index is 1.95. The van der Waals surface area contributed by atoms with Gasteiger partial charge in [0.1, 0.15) is 10.8 Å². The van der Waals surface area contributed by atoms with Gasteiger partial charge in [0.15, 0.2) is 0 Å². The molecule has 1 heterocycles. The molecule has 0 radical (unpaired) electrons. The predicted octanol–water partition coefficient (Wildman–Crippen LogP) is 4.17. The molecule has 0 unspecified atom stereocenters. The molecular weight excluding hydrogens is 242 g/mol. The van der Waals surface area contributed by atoms with Crippen molar-refractivity contribution < 1.29 is 5.11 Å². The zero-order valence-corrected chi connectivity index (χ0v) is 10.4. The molecule has 3 rings (SSSR count). The molecular formula is C15H11NOS. The van der Waals surface area contributed by atoms with Crippen LogP contribution in [-0.4, -0.2) is 10.1 Å². The molecule has 0 aliphatic rings. The average molecular weight is 253 g/mol. The van der Waals surface area contributed by atoms with Crippen LogP contribution in [0.2, 0.25) is 0 Å². The fraction of sp³-hybridized carbons (Fsp3) is 0. The molecule has 1 N–H and O–H groups in total. The van der Waals surface area contributed by atoms with E-state index in [2.05, 4.69) is 11.1 Å². The highest BCUT2D eigenvalue weighted by Crippen LogP contribution is 2.24. The lowest BCUT2D eigenvalue weighted by Gasteiger charge is -1.95. The smallest absolute Gasteiger partial charge is 0.122 e. The molecule has 0 bridgehead atoms. The summed E-state index contributed by atoms with van der Waals surface area (Å²) in [5.74, 6) is 0.287. The van der Waals surface area contributed by atoms with E-state index in [0.717, 1.165) is 16.1 Å². The number of hydrogen-bond donors (Lipinski definition) is 1. The number of aromatic nitrogens is 1. The Morgan fingerprint density at radius 1 is 0.944 bits per heavy atom. The minimum absolute atomic E-state index is 0.287. The van der Waals surface area contributed by atoms with Crippen molar-refractivity contribution in [3.8, 4) is 5.75 Å². The molecule has 0 atom stereocenters. The Morgan fingerprint density at radius 2 is 1.72 bits per heavy atom. The highest BCUT2D eigenvalue weighted by molar-refractivity contribution is 7.19. The van der Waals surface area contributed by atoms with Crippen molar-refractivity contribution >= 4 is 33.7 Å². The molecule has 0 saturated carbocycles. The lowest BCUT2D eigenvalue weighted by Crippen LogP contribution is -1.73. The maximum absolute atomic E-state index is 9.66. The van der Waals surface area contributed by atoms with Crippen LogP contribution in [-0.2, 0) is 0 Å². The third kappa shape index (κ3) is 2.13. The van der Waals surface area contributed by atoms with E-state index in [4.69, 9.17) is 0 Å². The summed E-state index contributed by atoms with van der Waals surface area (Å²) < 4.78 is 1.18. The van der Waals surface area contributed by atoms with Crippen molar-refractivity contribution in [3.63, 3.8) is 0 Å². The fourth-order valence-corrected chi connectivity index (χ4v) is 2.62. The number of benzene rings is 2. The van der Waals surface area contributed by atoms with Gasteiger partial charge >= 0.3 is 0 Å². The van der Waals surface area contributed by atoms with Gasteiger partial charge in [0.05, 0.1) is 10.2 Å². The Kier molecular flexibility index (Phi) is 2.82. The molecule has 0 fully saturated rings. The number of fused-ring (bicyclic) bond motifs is 1. The normalized spacial score (nSPS) is 11.3. The molecule has 0 aliphatic carbocycles. The van der Waals surface area contributed by atoms with Crippen molar-refractivity contribution in [3.05, 3.63) is 59.1 Å². The molecule has 18 heavy (non-hydrogen) atoms. The van der Waals surface area contributed by atoms with Crippen LogP contribution in [0, 0.1) is 0 Å². The number of hydrogen-bond acceptors (Lipinski definition) is 3. The monoisotopic (exact) mass is 253 g/mol. The summed E-state index contributed by atoms with van der Waals surface area (Å²) in [4.78, 5) is 4.51. The Hall–Kier alpha value is -2.13. The lowest BCUT2D eigenvalue weighted by molar-refractivity contribution is 0.474. The highest BCUT2D eigenvalue weighted by atomic mass is 32.1. The second-order valence-electron chi connectivity index (χ2n) is 3.91. The van der Waals surface area contributed by atoms with Gasteiger partial charge in [-0.05, 0) is 30.4 Å². The summed E-state index contributed by atoms with van der Waals surface area (Å²) in [6.45, 7) is 0. The fourth-order valence-electron chi connectivity index (χ4n) is 1.75. The highest BCUT2D eigenvalue weighted by Gasteiger charge is 2.00. The summed E-state index contributed by atoms with van der Waals surface area (Å²) in [5.41, 5.74) is 1.82. The van der Waals surface area contributed by atoms with Crippen LogP contribution >= 0.6 is 11.3 Å². The first-order chi connectivity index (χ1) is 8.83. The van der Waals surface area contributed by atoms with Gasteiger partial charge in [-0.3, -0.25) is 0 Å². The van der Waals surface area contributed by atoms with Gasteiger partial charge in [-0.25, -0.2) is 4.98 Å². The van der Waals surface area contributed by atoms with E-state index in [-0.39, 0.29) is 5.75 Å². The first-order valence-corrected chi connectivity index (χ1v) is 6.46. The van der Waals surface area contributed by atoms with Crippen LogP contribution in [0.5, 0.6) is 5.75 Å².